The third kappa shape index (κ3) is 2.65. The molecule has 1 heterocycles. The summed E-state index contributed by atoms with van der Waals surface area (Å²) in [6, 6.07) is 4.83. The van der Waals surface area contributed by atoms with Crippen molar-refractivity contribution in [2.24, 2.45) is 7.05 Å². The summed E-state index contributed by atoms with van der Waals surface area (Å²) < 4.78 is 28.5. The van der Waals surface area contributed by atoms with Crippen LogP contribution in [0.5, 0.6) is 0 Å². The van der Waals surface area contributed by atoms with Crippen LogP contribution in [0.15, 0.2) is 40.0 Å². The summed E-state index contributed by atoms with van der Waals surface area (Å²) in [5.41, 5.74) is 6.56. The van der Waals surface area contributed by atoms with E-state index < -0.39 is 10.0 Å². The van der Waals surface area contributed by atoms with Crippen molar-refractivity contribution >= 4 is 37.3 Å². The lowest BCUT2D eigenvalue weighted by atomic mass is 10.3. The van der Waals surface area contributed by atoms with Gasteiger partial charge < -0.3 is 5.73 Å². The second-order valence-corrected chi connectivity index (χ2v) is 6.23. The molecule has 0 saturated heterocycles. The smallest absolute Gasteiger partial charge is 0.265 e. The fourth-order valence-corrected chi connectivity index (χ4v) is 3.04. The zero-order valence-corrected chi connectivity index (χ0v) is 11.9. The molecule has 18 heavy (non-hydrogen) atoms. The van der Waals surface area contributed by atoms with Gasteiger partial charge in [-0.2, -0.15) is 5.10 Å². The van der Waals surface area contributed by atoms with Crippen molar-refractivity contribution in [3.05, 3.63) is 35.1 Å². The zero-order valence-electron chi connectivity index (χ0n) is 9.46. The molecule has 2 rings (SSSR count). The summed E-state index contributed by atoms with van der Waals surface area (Å²) in [6.07, 6.45) is 2.71. The molecule has 0 fully saturated rings. The molecule has 0 amide bonds. The monoisotopic (exact) mass is 330 g/mol. The molecule has 3 N–H and O–H groups in total. The van der Waals surface area contributed by atoms with Crippen molar-refractivity contribution < 1.29 is 8.42 Å². The minimum absolute atomic E-state index is 0.105. The first-order chi connectivity index (χ1) is 8.38. The normalized spacial score (nSPS) is 11.4. The quantitative estimate of drug-likeness (QED) is 0.836. The van der Waals surface area contributed by atoms with Crippen LogP contribution in [0.3, 0.4) is 0 Å². The SMILES string of the molecule is Cn1cc(S(=O)(=O)Nc2ccc(N)cc2Br)cn1. The lowest BCUT2D eigenvalue weighted by molar-refractivity contribution is 0.601. The summed E-state index contributed by atoms with van der Waals surface area (Å²) in [5.74, 6) is 0. The number of anilines is 2. The number of aryl methyl sites for hydroxylation is 1. The van der Waals surface area contributed by atoms with Crippen LogP contribution >= 0.6 is 15.9 Å². The summed E-state index contributed by atoms with van der Waals surface area (Å²) >= 11 is 3.25. The molecule has 0 saturated carbocycles. The van der Waals surface area contributed by atoms with Gasteiger partial charge in [-0.15, -0.1) is 0 Å². The van der Waals surface area contributed by atoms with Crippen LogP contribution in [0.4, 0.5) is 11.4 Å². The number of nitrogens with zero attached hydrogens (tertiary/aromatic N) is 2. The Bertz CT molecular complexity index is 681. The van der Waals surface area contributed by atoms with Gasteiger partial charge in [0.15, 0.2) is 0 Å². The summed E-state index contributed by atoms with van der Waals surface area (Å²) in [4.78, 5) is 0.105. The molecule has 2 aromatic rings. The highest BCUT2D eigenvalue weighted by molar-refractivity contribution is 9.10. The molecule has 0 spiro atoms. The molecule has 96 valence electrons. The molecule has 1 aromatic carbocycles. The lowest BCUT2D eigenvalue weighted by Gasteiger charge is -2.08. The number of rotatable bonds is 3. The maximum absolute atomic E-state index is 12.0. The third-order valence-electron chi connectivity index (χ3n) is 2.23. The van der Waals surface area contributed by atoms with E-state index in [-0.39, 0.29) is 4.90 Å². The Kier molecular flexibility index (Phi) is 3.31. The Morgan fingerprint density at radius 2 is 2.17 bits per heavy atom. The van der Waals surface area contributed by atoms with Gasteiger partial charge in [0.2, 0.25) is 0 Å². The van der Waals surface area contributed by atoms with E-state index in [0.29, 0.717) is 15.8 Å². The number of nitrogens with two attached hydrogens (primary N) is 1. The van der Waals surface area contributed by atoms with Crippen LogP contribution in [-0.4, -0.2) is 18.2 Å². The maximum Gasteiger partial charge on any atom is 0.265 e. The van der Waals surface area contributed by atoms with Crippen LogP contribution in [0, 0.1) is 0 Å². The Labute approximate surface area is 113 Å². The second-order valence-electron chi connectivity index (χ2n) is 3.69. The van der Waals surface area contributed by atoms with E-state index in [2.05, 4.69) is 25.8 Å². The molecule has 0 atom stereocenters. The number of benzene rings is 1. The van der Waals surface area contributed by atoms with Crippen molar-refractivity contribution in [2.75, 3.05) is 10.5 Å². The Hall–Kier alpha value is -1.54. The van der Waals surface area contributed by atoms with Gasteiger partial charge in [0.1, 0.15) is 4.90 Å². The fourth-order valence-electron chi connectivity index (χ4n) is 1.36. The second kappa shape index (κ2) is 4.62. The Balaban J connectivity index is 2.33. The van der Waals surface area contributed by atoms with E-state index in [0.717, 1.165) is 0 Å². The average Bonchev–Trinajstić information content (AvgIpc) is 2.70. The zero-order chi connectivity index (χ0) is 13.3. The number of hydrogen-bond acceptors (Lipinski definition) is 4. The average molecular weight is 331 g/mol. The fraction of sp³-hybridized carbons (Fsp3) is 0.100. The Morgan fingerprint density at radius 3 is 2.72 bits per heavy atom. The number of nitrogen functional groups attached to an aromatic ring is 1. The number of nitrogens with one attached hydrogen (secondary N) is 1. The van der Waals surface area contributed by atoms with Crippen LogP contribution < -0.4 is 10.5 Å². The molecule has 0 bridgehead atoms. The molecule has 0 radical (unpaired) electrons. The standard InChI is InChI=1S/C10H11BrN4O2S/c1-15-6-8(5-13-15)18(16,17)14-10-3-2-7(12)4-9(10)11/h2-6,14H,12H2,1H3. The third-order valence-corrected chi connectivity index (χ3v) is 4.21. The first kappa shape index (κ1) is 12.9. The molecular formula is C10H11BrN4O2S. The largest absolute Gasteiger partial charge is 0.399 e. The van der Waals surface area contributed by atoms with Crippen LogP contribution in [0.2, 0.25) is 0 Å². The molecule has 6 nitrogen and oxygen atoms in total. The highest BCUT2D eigenvalue weighted by Gasteiger charge is 2.17. The van der Waals surface area contributed by atoms with Gasteiger partial charge in [-0.3, -0.25) is 9.40 Å². The van der Waals surface area contributed by atoms with Gasteiger partial charge >= 0.3 is 0 Å². The van der Waals surface area contributed by atoms with Gasteiger partial charge in [0, 0.05) is 23.4 Å². The van der Waals surface area contributed by atoms with E-state index in [1.807, 2.05) is 0 Å². The van der Waals surface area contributed by atoms with Gasteiger partial charge in [-0.25, -0.2) is 8.42 Å². The first-order valence-corrected chi connectivity index (χ1v) is 7.22. The van der Waals surface area contributed by atoms with Crippen LogP contribution in [0.1, 0.15) is 0 Å². The van der Waals surface area contributed by atoms with Gasteiger partial charge in [0.25, 0.3) is 10.0 Å². The number of aromatic nitrogens is 2. The lowest BCUT2D eigenvalue weighted by Crippen LogP contribution is -2.12. The number of hydrogen-bond donors (Lipinski definition) is 2. The highest BCUT2D eigenvalue weighted by atomic mass is 79.9. The van der Waals surface area contributed by atoms with Crippen LogP contribution in [0.25, 0.3) is 0 Å². The summed E-state index contributed by atoms with van der Waals surface area (Å²) in [5, 5.41) is 3.83. The molecule has 0 aliphatic heterocycles. The van der Waals surface area contributed by atoms with Gasteiger partial charge in [0.05, 0.1) is 11.9 Å². The van der Waals surface area contributed by atoms with Crippen molar-refractivity contribution in [1.29, 1.82) is 0 Å². The van der Waals surface area contributed by atoms with E-state index >= 15 is 0 Å². The molecule has 0 aliphatic rings. The molecule has 1 aromatic heterocycles. The predicted molar refractivity (Wildman–Crippen MR) is 72.6 cm³/mol. The minimum atomic E-state index is -3.63. The molecular weight excluding hydrogens is 320 g/mol. The minimum Gasteiger partial charge on any atom is -0.399 e. The first-order valence-electron chi connectivity index (χ1n) is 4.95. The van der Waals surface area contributed by atoms with Crippen molar-refractivity contribution in [1.82, 2.24) is 9.78 Å². The summed E-state index contributed by atoms with van der Waals surface area (Å²) in [7, 11) is -1.98. The topological polar surface area (TPSA) is 90.0 Å². The van der Waals surface area contributed by atoms with E-state index in [1.165, 1.54) is 17.1 Å². The molecule has 0 unspecified atom stereocenters. The van der Waals surface area contributed by atoms with E-state index in [1.54, 1.807) is 25.2 Å². The predicted octanol–water partition coefficient (Wildman–Crippen LogP) is 1.57. The number of sulfonamides is 1. The Morgan fingerprint density at radius 1 is 1.44 bits per heavy atom. The molecule has 8 heteroatoms. The number of halogens is 1. The van der Waals surface area contributed by atoms with Gasteiger partial charge in [-0.1, -0.05) is 0 Å². The summed E-state index contributed by atoms with van der Waals surface area (Å²) in [6.45, 7) is 0. The van der Waals surface area contributed by atoms with Crippen molar-refractivity contribution in [2.45, 2.75) is 4.90 Å². The van der Waals surface area contributed by atoms with Gasteiger partial charge in [-0.05, 0) is 34.1 Å². The maximum atomic E-state index is 12.0. The van der Waals surface area contributed by atoms with E-state index in [4.69, 9.17) is 5.73 Å². The van der Waals surface area contributed by atoms with E-state index in [9.17, 15) is 8.42 Å². The van der Waals surface area contributed by atoms with Crippen molar-refractivity contribution in [3.8, 4) is 0 Å². The van der Waals surface area contributed by atoms with Crippen molar-refractivity contribution in [3.63, 3.8) is 0 Å². The van der Waals surface area contributed by atoms with Crippen LogP contribution in [-0.2, 0) is 17.1 Å². The highest BCUT2D eigenvalue weighted by Crippen LogP contribution is 2.26. The molecule has 0 aliphatic carbocycles.